The van der Waals surface area contributed by atoms with E-state index in [2.05, 4.69) is 5.32 Å². The van der Waals surface area contributed by atoms with Gasteiger partial charge in [0.25, 0.3) is 0 Å². The molecule has 0 radical (unpaired) electrons. The molecule has 5 nitrogen and oxygen atoms in total. The van der Waals surface area contributed by atoms with Crippen molar-refractivity contribution in [1.29, 1.82) is 0 Å². The molecule has 1 aromatic rings. The minimum absolute atomic E-state index is 0.233. The van der Waals surface area contributed by atoms with Crippen molar-refractivity contribution < 1.29 is 14.3 Å². The number of ether oxygens (including phenoxy) is 1. The Balaban J connectivity index is 2.61. The largest absolute Gasteiger partial charge is 0.462 e. The molecule has 19 heavy (non-hydrogen) atoms. The number of amides is 1. The van der Waals surface area contributed by atoms with Crippen LogP contribution in [0.1, 0.15) is 37.0 Å². The van der Waals surface area contributed by atoms with E-state index in [0.717, 1.165) is 6.42 Å². The SMILES string of the molecule is CCCOC(=O)c1ccc(NC(=O)[C@@H](N)CC)cc1. The lowest BCUT2D eigenvalue weighted by Gasteiger charge is -2.10. The lowest BCUT2D eigenvalue weighted by Crippen LogP contribution is -2.34. The highest BCUT2D eigenvalue weighted by molar-refractivity contribution is 5.95. The summed E-state index contributed by atoms with van der Waals surface area (Å²) in [6, 6.07) is 6.02. The summed E-state index contributed by atoms with van der Waals surface area (Å²) in [7, 11) is 0. The van der Waals surface area contributed by atoms with E-state index >= 15 is 0 Å². The molecule has 0 fully saturated rings. The van der Waals surface area contributed by atoms with Gasteiger partial charge in [0.1, 0.15) is 0 Å². The molecule has 0 unspecified atom stereocenters. The van der Waals surface area contributed by atoms with Crippen LogP contribution in [-0.2, 0) is 9.53 Å². The highest BCUT2D eigenvalue weighted by atomic mass is 16.5. The molecular formula is C14H20N2O3. The smallest absolute Gasteiger partial charge is 0.338 e. The van der Waals surface area contributed by atoms with Crippen LogP contribution in [0.15, 0.2) is 24.3 Å². The van der Waals surface area contributed by atoms with Crippen molar-refractivity contribution in [2.75, 3.05) is 11.9 Å². The molecule has 1 aromatic carbocycles. The highest BCUT2D eigenvalue weighted by Crippen LogP contribution is 2.11. The molecule has 0 spiro atoms. The Morgan fingerprint density at radius 1 is 1.26 bits per heavy atom. The first kappa shape index (κ1) is 15.2. The fourth-order valence-electron chi connectivity index (χ4n) is 1.39. The number of rotatable bonds is 6. The average molecular weight is 264 g/mol. The minimum atomic E-state index is -0.519. The Morgan fingerprint density at radius 3 is 2.42 bits per heavy atom. The number of carbonyl (C=O) groups excluding carboxylic acids is 2. The fourth-order valence-corrected chi connectivity index (χ4v) is 1.39. The summed E-state index contributed by atoms with van der Waals surface area (Å²) in [4.78, 5) is 23.1. The number of nitrogens with one attached hydrogen (secondary N) is 1. The Hall–Kier alpha value is -1.88. The van der Waals surface area contributed by atoms with Crippen LogP contribution in [0.3, 0.4) is 0 Å². The molecular weight excluding hydrogens is 244 g/mol. The zero-order chi connectivity index (χ0) is 14.3. The van der Waals surface area contributed by atoms with Gasteiger partial charge in [0.2, 0.25) is 5.91 Å². The third-order valence-corrected chi connectivity index (χ3v) is 2.60. The molecule has 5 heteroatoms. The van der Waals surface area contributed by atoms with Crippen molar-refractivity contribution in [3.63, 3.8) is 0 Å². The van der Waals surface area contributed by atoms with Crippen molar-refractivity contribution in [3.05, 3.63) is 29.8 Å². The van der Waals surface area contributed by atoms with Crippen molar-refractivity contribution in [2.24, 2.45) is 5.73 Å². The summed E-state index contributed by atoms with van der Waals surface area (Å²) >= 11 is 0. The van der Waals surface area contributed by atoms with Gasteiger partial charge in [-0.05, 0) is 37.1 Å². The van der Waals surface area contributed by atoms with E-state index in [-0.39, 0.29) is 11.9 Å². The van der Waals surface area contributed by atoms with E-state index in [1.165, 1.54) is 0 Å². The van der Waals surface area contributed by atoms with Crippen molar-refractivity contribution >= 4 is 17.6 Å². The monoisotopic (exact) mass is 264 g/mol. The molecule has 104 valence electrons. The van der Waals surface area contributed by atoms with Gasteiger partial charge in [0, 0.05) is 5.69 Å². The molecule has 0 saturated carbocycles. The Labute approximate surface area is 113 Å². The van der Waals surface area contributed by atoms with Gasteiger partial charge < -0.3 is 15.8 Å². The summed E-state index contributed by atoms with van der Waals surface area (Å²) < 4.78 is 5.01. The number of hydrogen-bond donors (Lipinski definition) is 2. The molecule has 0 saturated heterocycles. The van der Waals surface area contributed by atoms with Gasteiger partial charge in [-0.3, -0.25) is 4.79 Å². The van der Waals surface area contributed by atoms with Gasteiger partial charge >= 0.3 is 5.97 Å². The number of anilines is 1. The predicted molar refractivity (Wildman–Crippen MR) is 73.9 cm³/mol. The van der Waals surface area contributed by atoms with E-state index in [9.17, 15) is 9.59 Å². The number of hydrogen-bond acceptors (Lipinski definition) is 4. The Kier molecular flexibility index (Phi) is 6.02. The van der Waals surface area contributed by atoms with Gasteiger partial charge in [-0.2, -0.15) is 0 Å². The molecule has 0 aliphatic carbocycles. The topological polar surface area (TPSA) is 81.4 Å². The summed E-state index contributed by atoms with van der Waals surface area (Å²) in [6.07, 6.45) is 1.36. The van der Waals surface area contributed by atoms with E-state index in [1.807, 2.05) is 13.8 Å². The van der Waals surface area contributed by atoms with Gasteiger partial charge in [-0.15, -0.1) is 0 Å². The maximum absolute atomic E-state index is 11.6. The molecule has 0 aromatic heterocycles. The molecule has 0 aliphatic heterocycles. The maximum Gasteiger partial charge on any atom is 0.338 e. The number of nitrogens with two attached hydrogens (primary N) is 1. The first-order valence-corrected chi connectivity index (χ1v) is 6.42. The van der Waals surface area contributed by atoms with E-state index < -0.39 is 6.04 Å². The van der Waals surface area contributed by atoms with E-state index in [4.69, 9.17) is 10.5 Å². The van der Waals surface area contributed by atoms with E-state index in [1.54, 1.807) is 24.3 Å². The molecule has 0 heterocycles. The van der Waals surface area contributed by atoms with Crippen molar-refractivity contribution in [1.82, 2.24) is 0 Å². The van der Waals surface area contributed by atoms with Crippen LogP contribution < -0.4 is 11.1 Å². The van der Waals surface area contributed by atoms with Crippen LogP contribution in [-0.4, -0.2) is 24.5 Å². The molecule has 0 aliphatic rings. The number of carbonyl (C=O) groups is 2. The predicted octanol–water partition coefficient (Wildman–Crippen LogP) is 1.93. The Bertz CT molecular complexity index is 429. The Morgan fingerprint density at radius 2 is 1.89 bits per heavy atom. The summed E-state index contributed by atoms with van der Waals surface area (Å²) in [5, 5.41) is 2.69. The third kappa shape index (κ3) is 4.71. The molecule has 1 atom stereocenters. The highest BCUT2D eigenvalue weighted by Gasteiger charge is 2.11. The first-order valence-electron chi connectivity index (χ1n) is 6.42. The standard InChI is InChI=1S/C14H20N2O3/c1-3-9-19-14(18)10-5-7-11(8-6-10)16-13(17)12(15)4-2/h5-8,12H,3-4,9,15H2,1-2H3,(H,16,17)/t12-/m0/s1. The lowest BCUT2D eigenvalue weighted by atomic mass is 10.2. The lowest BCUT2D eigenvalue weighted by molar-refractivity contribution is -0.117. The summed E-state index contributed by atoms with van der Waals surface area (Å²) in [5.41, 5.74) is 6.69. The zero-order valence-corrected chi connectivity index (χ0v) is 11.3. The quantitative estimate of drug-likeness (QED) is 0.769. The molecule has 1 amide bonds. The minimum Gasteiger partial charge on any atom is -0.462 e. The number of esters is 1. The van der Waals surface area contributed by atoms with Gasteiger partial charge in [-0.25, -0.2) is 4.79 Å². The first-order chi connectivity index (χ1) is 9.08. The normalized spacial score (nSPS) is 11.7. The van der Waals surface area contributed by atoms with Crippen LogP contribution >= 0.6 is 0 Å². The second-order valence-corrected chi connectivity index (χ2v) is 4.22. The van der Waals surface area contributed by atoms with Crippen LogP contribution in [0.25, 0.3) is 0 Å². The average Bonchev–Trinajstić information content (AvgIpc) is 2.44. The van der Waals surface area contributed by atoms with Crippen molar-refractivity contribution in [2.45, 2.75) is 32.7 Å². The molecule has 1 rings (SSSR count). The van der Waals surface area contributed by atoms with Crippen molar-refractivity contribution in [3.8, 4) is 0 Å². The second kappa shape index (κ2) is 7.53. The third-order valence-electron chi connectivity index (χ3n) is 2.60. The van der Waals surface area contributed by atoms with Gasteiger partial charge in [0.15, 0.2) is 0 Å². The zero-order valence-electron chi connectivity index (χ0n) is 11.3. The maximum atomic E-state index is 11.6. The van der Waals surface area contributed by atoms with Gasteiger partial charge in [0.05, 0.1) is 18.2 Å². The van der Waals surface area contributed by atoms with Crippen LogP contribution in [0, 0.1) is 0 Å². The van der Waals surface area contributed by atoms with E-state index in [0.29, 0.717) is 24.3 Å². The van der Waals surface area contributed by atoms with Crippen LogP contribution in [0.2, 0.25) is 0 Å². The molecule has 0 bridgehead atoms. The molecule has 3 N–H and O–H groups in total. The summed E-state index contributed by atoms with van der Waals surface area (Å²) in [5.74, 6) is -0.589. The van der Waals surface area contributed by atoms with Crippen LogP contribution in [0.4, 0.5) is 5.69 Å². The van der Waals surface area contributed by atoms with Crippen LogP contribution in [0.5, 0.6) is 0 Å². The fraction of sp³-hybridized carbons (Fsp3) is 0.429. The summed E-state index contributed by atoms with van der Waals surface area (Å²) in [6.45, 7) is 4.18. The second-order valence-electron chi connectivity index (χ2n) is 4.22. The number of benzene rings is 1. The van der Waals surface area contributed by atoms with Gasteiger partial charge in [-0.1, -0.05) is 13.8 Å².